The van der Waals surface area contributed by atoms with Crippen LogP contribution in [0.4, 0.5) is 13.2 Å². The maximum atomic E-state index is 14.1. The Morgan fingerprint density at radius 1 is 1.23 bits per heavy atom. The van der Waals surface area contributed by atoms with E-state index in [0.717, 1.165) is 11.0 Å². The Hall–Kier alpha value is -3.02. The molecule has 0 N–H and O–H groups in total. The molecule has 9 nitrogen and oxygen atoms in total. The van der Waals surface area contributed by atoms with Gasteiger partial charge in [0.1, 0.15) is 0 Å². The van der Waals surface area contributed by atoms with Crippen molar-refractivity contribution in [1.82, 2.24) is 29.8 Å². The summed E-state index contributed by atoms with van der Waals surface area (Å²) in [7, 11) is 0. The largest absolute Gasteiger partial charge is 0.378 e. The van der Waals surface area contributed by atoms with Crippen molar-refractivity contribution in [3.8, 4) is 0 Å². The quantitative estimate of drug-likeness (QED) is 0.722. The predicted molar refractivity (Wildman–Crippen MR) is 95.3 cm³/mol. The maximum absolute atomic E-state index is 14.1. The van der Waals surface area contributed by atoms with E-state index < -0.39 is 42.3 Å². The molecule has 2 aliphatic heterocycles. The highest BCUT2D eigenvalue weighted by molar-refractivity contribution is 5.93. The van der Waals surface area contributed by atoms with Crippen LogP contribution in [0, 0.1) is 5.82 Å². The number of hydrogen-bond acceptors (Lipinski definition) is 6. The zero-order chi connectivity index (χ0) is 21.3. The summed E-state index contributed by atoms with van der Waals surface area (Å²) in [4.78, 5) is 31.3. The van der Waals surface area contributed by atoms with Crippen LogP contribution in [0.25, 0.3) is 0 Å². The standard InChI is InChI=1S/C18H19F3N6O3/c19-13-2-1-3-22-15(13)17(29)27-11-18(20,21)8-12(27)9-26-10-14(23-24-26)16(28)25-4-6-30-7-5-25/h1-3,10,12H,4-9,11H2. The van der Waals surface area contributed by atoms with Crippen LogP contribution in [0.1, 0.15) is 27.4 Å². The van der Waals surface area contributed by atoms with Crippen molar-refractivity contribution < 1.29 is 27.5 Å². The van der Waals surface area contributed by atoms with Crippen LogP contribution in [0.15, 0.2) is 24.5 Å². The van der Waals surface area contributed by atoms with Crippen molar-refractivity contribution >= 4 is 11.8 Å². The van der Waals surface area contributed by atoms with Gasteiger partial charge in [0.15, 0.2) is 17.2 Å². The van der Waals surface area contributed by atoms with E-state index in [1.807, 2.05) is 0 Å². The van der Waals surface area contributed by atoms with Gasteiger partial charge in [-0.3, -0.25) is 9.59 Å². The predicted octanol–water partition coefficient (Wildman–Crippen LogP) is 0.835. The third-order valence-electron chi connectivity index (χ3n) is 5.05. The second-order valence-electron chi connectivity index (χ2n) is 7.21. The van der Waals surface area contributed by atoms with E-state index >= 15 is 0 Å². The number of alkyl halides is 2. The summed E-state index contributed by atoms with van der Waals surface area (Å²) in [6, 6.07) is 1.40. The van der Waals surface area contributed by atoms with Gasteiger partial charge in [0.25, 0.3) is 17.7 Å². The van der Waals surface area contributed by atoms with Crippen molar-refractivity contribution in [2.45, 2.75) is 24.9 Å². The molecule has 2 aromatic rings. The fraction of sp³-hybridized carbons (Fsp3) is 0.500. The summed E-state index contributed by atoms with van der Waals surface area (Å²) < 4.78 is 48.5. The number of hydrogen-bond donors (Lipinski definition) is 0. The summed E-state index contributed by atoms with van der Waals surface area (Å²) in [6.07, 6.45) is 1.97. The molecule has 2 fully saturated rings. The van der Waals surface area contributed by atoms with Crippen LogP contribution in [-0.2, 0) is 11.3 Å². The lowest BCUT2D eigenvalue weighted by molar-refractivity contribution is 0.0116. The number of rotatable bonds is 4. The normalized spacial score (nSPS) is 21.1. The minimum absolute atomic E-state index is 0.0790. The lowest BCUT2D eigenvalue weighted by Gasteiger charge is -2.25. The number of carbonyl (C=O) groups excluding carboxylic acids is 2. The van der Waals surface area contributed by atoms with Crippen molar-refractivity contribution in [3.05, 3.63) is 41.7 Å². The molecule has 0 aliphatic carbocycles. The molecule has 1 unspecified atom stereocenters. The minimum atomic E-state index is -3.13. The first-order valence-corrected chi connectivity index (χ1v) is 9.40. The molecule has 4 heterocycles. The number of morpholine rings is 1. The van der Waals surface area contributed by atoms with Gasteiger partial charge in [0.2, 0.25) is 0 Å². The number of amides is 2. The van der Waals surface area contributed by atoms with Gasteiger partial charge in [0.05, 0.1) is 38.5 Å². The van der Waals surface area contributed by atoms with Crippen molar-refractivity contribution in [2.24, 2.45) is 0 Å². The van der Waals surface area contributed by atoms with E-state index in [9.17, 15) is 22.8 Å². The van der Waals surface area contributed by atoms with Gasteiger partial charge in [-0.25, -0.2) is 22.8 Å². The van der Waals surface area contributed by atoms with E-state index in [1.54, 1.807) is 4.90 Å². The molecule has 0 spiro atoms. The molecule has 2 aliphatic rings. The third-order valence-corrected chi connectivity index (χ3v) is 5.05. The molecular weight excluding hydrogens is 405 g/mol. The van der Waals surface area contributed by atoms with Crippen LogP contribution in [0.3, 0.4) is 0 Å². The second-order valence-corrected chi connectivity index (χ2v) is 7.21. The van der Waals surface area contributed by atoms with Gasteiger partial charge >= 0.3 is 0 Å². The number of carbonyl (C=O) groups is 2. The molecule has 2 amide bonds. The summed E-state index contributed by atoms with van der Waals surface area (Å²) in [5.74, 6) is -5.25. The Balaban J connectivity index is 1.50. The molecule has 1 atom stereocenters. The molecule has 2 aromatic heterocycles. The summed E-state index contributed by atoms with van der Waals surface area (Å²) in [6.45, 7) is 0.757. The van der Waals surface area contributed by atoms with Gasteiger partial charge < -0.3 is 14.5 Å². The highest BCUT2D eigenvalue weighted by Crippen LogP contribution is 2.33. The number of halogens is 3. The average Bonchev–Trinajstić information content (AvgIpc) is 3.32. The average molecular weight is 424 g/mol. The first-order valence-electron chi connectivity index (χ1n) is 9.40. The molecule has 0 bridgehead atoms. The fourth-order valence-electron chi connectivity index (χ4n) is 3.61. The van der Waals surface area contributed by atoms with Gasteiger partial charge in [0, 0.05) is 25.7 Å². The van der Waals surface area contributed by atoms with Crippen molar-refractivity contribution in [3.63, 3.8) is 0 Å². The van der Waals surface area contributed by atoms with Crippen LogP contribution in [-0.4, -0.2) is 86.4 Å². The molecule has 30 heavy (non-hydrogen) atoms. The molecule has 160 valence electrons. The second kappa shape index (κ2) is 8.01. The Morgan fingerprint density at radius 3 is 2.73 bits per heavy atom. The van der Waals surface area contributed by atoms with Crippen LogP contribution in [0.5, 0.6) is 0 Å². The lowest BCUT2D eigenvalue weighted by atomic mass is 10.2. The molecular formula is C18H19F3N6O3. The van der Waals surface area contributed by atoms with Gasteiger partial charge in [-0.15, -0.1) is 5.10 Å². The minimum Gasteiger partial charge on any atom is -0.378 e. The Labute approximate surface area is 169 Å². The molecule has 4 rings (SSSR count). The lowest BCUT2D eigenvalue weighted by Crippen LogP contribution is -2.41. The highest BCUT2D eigenvalue weighted by atomic mass is 19.3. The zero-order valence-electron chi connectivity index (χ0n) is 15.9. The van der Waals surface area contributed by atoms with Crippen LogP contribution >= 0.6 is 0 Å². The Kier molecular flexibility index (Phi) is 5.41. The fourth-order valence-corrected chi connectivity index (χ4v) is 3.61. The first-order chi connectivity index (χ1) is 14.3. The van der Waals surface area contributed by atoms with Crippen LogP contribution < -0.4 is 0 Å². The first kappa shape index (κ1) is 20.3. The van der Waals surface area contributed by atoms with E-state index in [-0.39, 0.29) is 18.1 Å². The number of likely N-dealkylation sites (tertiary alicyclic amines) is 1. The Bertz CT molecular complexity index is 947. The van der Waals surface area contributed by atoms with E-state index in [4.69, 9.17) is 4.74 Å². The summed E-state index contributed by atoms with van der Waals surface area (Å²) in [5.41, 5.74) is -0.433. The zero-order valence-corrected chi connectivity index (χ0v) is 15.9. The van der Waals surface area contributed by atoms with E-state index in [0.29, 0.717) is 26.3 Å². The Morgan fingerprint density at radius 2 is 2.00 bits per heavy atom. The molecule has 0 aromatic carbocycles. The van der Waals surface area contributed by atoms with Crippen molar-refractivity contribution in [2.75, 3.05) is 32.8 Å². The number of aromatic nitrogens is 4. The molecule has 12 heteroatoms. The number of nitrogens with zero attached hydrogens (tertiary/aromatic N) is 6. The van der Waals surface area contributed by atoms with Gasteiger partial charge in [-0.1, -0.05) is 5.21 Å². The molecule has 2 saturated heterocycles. The smallest absolute Gasteiger partial charge is 0.276 e. The SMILES string of the molecule is O=C(c1cn(CC2CC(F)(F)CN2C(=O)c2ncccc2F)nn1)N1CCOCC1. The third kappa shape index (κ3) is 4.13. The maximum Gasteiger partial charge on any atom is 0.276 e. The topological polar surface area (TPSA) is 93.5 Å². The monoisotopic (exact) mass is 424 g/mol. The van der Waals surface area contributed by atoms with Crippen molar-refractivity contribution in [1.29, 1.82) is 0 Å². The number of pyridine rings is 1. The van der Waals surface area contributed by atoms with E-state index in [2.05, 4.69) is 15.3 Å². The summed E-state index contributed by atoms with van der Waals surface area (Å²) in [5, 5.41) is 7.67. The number of ether oxygens (including phenoxy) is 1. The highest BCUT2D eigenvalue weighted by Gasteiger charge is 2.48. The molecule has 0 radical (unpaired) electrons. The van der Waals surface area contributed by atoms with Gasteiger partial charge in [-0.05, 0) is 12.1 Å². The van der Waals surface area contributed by atoms with E-state index in [1.165, 1.54) is 23.1 Å². The van der Waals surface area contributed by atoms with Crippen LogP contribution in [0.2, 0.25) is 0 Å². The van der Waals surface area contributed by atoms with Gasteiger partial charge in [-0.2, -0.15) is 0 Å². The summed E-state index contributed by atoms with van der Waals surface area (Å²) >= 11 is 0. The molecule has 0 saturated carbocycles.